The molecule has 10 rings (SSSR count). The SMILES string of the molecule is CCc1cccc(-c2cnc(C(=O)N3CCC(CN4CCN(CC(=O)N5CCN(C(=O)c6cc(Cc7n[nH]c(=O)c8ccccc78)ccc6F)CC5)CC4)CC3)c(NC(=O)CNCC34CCC(C)(CC3)O4)c2)c1. The number of ether oxygens (including phenoxy) is 1. The van der Waals surface area contributed by atoms with E-state index in [1.54, 1.807) is 40.3 Å². The maximum Gasteiger partial charge on any atom is 0.274 e. The average Bonchev–Trinajstić information content (AvgIpc) is 3.93. The highest BCUT2D eigenvalue weighted by molar-refractivity contribution is 6.03. The molecule has 2 aromatic heterocycles. The van der Waals surface area contributed by atoms with Crippen molar-refractivity contribution in [3.05, 3.63) is 123 Å². The molecule has 4 amide bonds. The predicted molar refractivity (Wildman–Crippen MR) is 277 cm³/mol. The summed E-state index contributed by atoms with van der Waals surface area (Å²) in [4.78, 5) is 81.7. The molecule has 0 spiro atoms. The summed E-state index contributed by atoms with van der Waals surface area (Å²) >= 11 is 0. The molecular formula is C56H67FN10O6. The number of likely N-dealkylation sites (tertiary alicyclic amines) is 1. The average molecular weight is 995 g/mol. The van der Waals surface area contributed by atoms with E-state index in [2.05, 4.69) is 56.6 Å². The van der Waals surface area contributed by atoms with Crippen LogP contribution in [0.3, 0.4) is 0 Å². The fourth-order valence-corrected chi connectivity index (χ4v) is 11.6. The van der Waals surface area contributed by atoms with E-state index in [1.807, 2.05) is 35.2 Å². The van der Waals surface area contributed by atoms with Crippen LogP contribution in [0.25, 0.3) is 21.9 Å². The second kappa shape index (κ2) is 21.6. The standard InChI is InChI=1S/C56H67FN10O6/c1-3-38-7-6-8-41(29-38)42-32-48(60-49(68)34-58-37-56-17-15-55(2,73-56)16-18-56)51(59-33-42)54(72)66-19-13-39(14-20-66)35-63-21-23-64(24-22-63)36-50(69)65-25-27-67(28-26-65)53(71)45-30-40(11-12-46(45)57)31-47-43-9-4-5-10-44(43)52(70)62-61-47/h4-12,29-30,32-33,39,58H,3,13-28,31,34-37H2,1-2H3,(H,60,68)(H,62,70). The Labute approximate surface area is 425 Å². The Morgan fingerprint density at radius 3 is 2.21 bits per heavy atom. The molecule has 5 aliphatic heterocycles. The van der Waals surface area contributed by atoms with E-state index in [-0.39, 0.29) is 52.3 Å². The number of benzene rings is 3. The van der Waals surface area contributed by atoms with Crippen LogP contribution in [-0.2, 0) is 27.2 Å². The van der Waals surface area contributed by atoms with Gasteiger partial charge in [-0.25, -0.2) is 14.5 Å². The molecule has 73 heavy (non-hydrogen) atoms. The third-order valence-corrected chi connectivity index (χ3v) is 16.0. The lowest BCUT2D eigenvalue weighted by atomic mass is 9.83. The first-order valence-electron chi connectivity index (χ1n) is 26.2. The number of hydrogen-bond donors (Lipinski definition) is 3. The minimum absolute atomic E-state index is 0.0240. The van der Waals surface area contributed by atoms with Crippen molar-refractivity contribution in [1.29, 1.82) is 0 Å². The van der Waals surface area contributed by atoms with E-state index in [1.165, 1.54) is 11.6 Å². The molecule has 5 aromatic rings. The number of hydrogen-bond acceptors (Lipinski definition) is 11. The topological polar surface area (TPSA) is 176 Å². The number of aromatic nitrogens is 3. The number of anilines is 1. The maximum atomic E-state index is 15.1. The van der Waals surface area contributed by atoms with Gasteiger partial charge >= 0.3 is 0 Å². The lowest BCUT2D eigenvalue weighted by Crippen LogP contribution is -2.55. The Balaban J connectivity index is 0.671. The van der Waals surface area contributed by atoms with Crippen LogP contribution in [0.15, 0.2) is 83.8 Å². The van der Waals surface area contributed by atoms with Crippen LogP contribution in [0.5, 0.6) is 0 Å². The van der Waals surface area contributed by atoms with Crippen molar-refractivity contribution >= 4 is 40.1 Å². The highest BCUT2D eigenvalue weighted by Gasteiger charge is 2.52. The van der Waals surface area contributed by atoms with Crippen LogP contribution in [0, 0.1) is 11.7 Å². The highest BCUT2D eigenvalue weighted by Crippen LogP contribution is 2.50. The number of carbonyl (C=O) groups is 4. The lowest BCUT2D eigenvalue weighted by Gasteiger charge is -2.40. The third kappa shape index (κ3) is 11.4. The number of fused-ring (bicyclic) bond motifs is 3. The molecule has 2 bridgehead atoms. The number of halogens is 1. The van der Waals surface area contributed by atoms with Crippen LogP contribution >= 0.6 is 0 Å². The molecule has 3 aromatic carbocycles. The first-order chi connectivity index (χ1) is 35.3. The predicted octanol–water partition coefficient (Wildman–Crippen LogP) is 5.36. The van der Waals surface area contributed by atoms with Gasteiger partial charge in [-0.05, 0) is 98.7 Å². The Morgan fingerprint density at radius 1 is 0.767 bits per heavy atom. The number of carbonyl (C=O) groups excluding carboxylic acids is 4. The Morgan fingerprint density at radius 2 is 1.48 bits per heavy atom. The fraction of sp³-hybridized carbons (Fsp3) is 0.482. The quantitative estimate of drug-likeness (QED) is 0.123. The van der Waals surface area contributed by atoms with E-state index >= 15 is 4.39 Å². The normalized spacial score (nSPS) is 21.8. The van der Waals surface area contributed by atoms with Crippen molar-refractivity contribution in [3.8, 4) is 11.1 Å². The molecule has 0 aliphatic carbocycles. The zero-order valence-electron chi connectivity index (χ0n) is 42.1. The number of rotatable bonds is 15. The molecule has 0 unspecified atom stereocenters. The molecule has 16 nitrogen and oxygen atoms in total. The van der Waals surface area contributed by atoms with E-state index in [0.29, 0.717) is 92.4 Å². The molecule has 17 heteroatoms. The van der Waals surface area contributed by atoms with Gasteiger partial charge in [0.15, 0.2) is 5.69 Å². The zero-order valence-corrected chi connectivity index (χ0v) is 42.1. The largest absolute Gasteiger partial charge is 0.368 e. The van der Waals surface area contributed by atoms with Crippen LogP contribution < -0.4 is 16.2 Å². The highest BCUT2D eigenvalue weighted by atomic mass is 19.1. The van der Waals surface area contributed by atoms with Crippen molar-refractivity contribution < 1.29 is 28.3 Å². The molecule has 0 saturated carbocycles. The summed E-state index contributed by atoms with van der Waals surface area (Å²) in [5.41, 5.74) is 4.42. The maximum absolute atomic E-state index is 15.1. The first kappa shape index (κ1) is 50.1. The molecule has 5 saturated heterocycles. The zero-order chi connectivity index (χ0) is 50.7. The fourth-order valence-electron chi connectivity index (χ4n) is 11.6. The van der Waals surface area contributed by atoms with Crippen molar-refractivity contribution in [3.63, 3.8) is 0 Å². The number of H-pyrrole nitrogens is 1. The van der Waals surface area contributed by atoms with Crippen LogP contribution in [0.4, 0.5) is 10.1 Å². The number of amides is 4. The monoisotopic (exact) mass is 995 g/mol. The van der Waals surface area contributed by atoms with Gasteiger partial charge < -0.3 is 35.0 Å². The molecule has 7 heterocycles. The van der Waals surface area contributed by atoms with Crippen molar-refractivity contribution in [2.75, 3.05) is 96.9 Å². The van der Waals surface area contributed by atoms with E-state index in [0.717, 1.165) is 88.8 Å². The van der Waals surface area contributed by atoms with Gasteiger partial charge in [0, 0.05) is 102 Å². The number of pyridine rings is 1. The van der Waals surface area contributed by atoms with Crippen molar-refractivity contribution in [1.82, 2.24) is 45.0 Å². The van der Waals surface area contributed by atoms with Gasteiger partial charge in [-0.2, -0.15) is 5.10 Å². The number of piperazine rings is 2. The molecular weight excluding hydrogens is 928 g/mol. The Hall–Kier alpha value is -6.40. The number of piperidine rings is 1. The molecule has 3 N–H and O–H groups in total. The number of aromatic amines is 1. The molecule has 384 valence electrons. The van der Waals surface area contributed by atoms with Gasteiger partial charge in [0.25, 0.3) is 17.4 Å². The summed E-state index contributed by atoms with van der Waals surface area (Å²) in [5.74, 6) is -0.991. The van der Waals surface area contributed by atoms with E-state index in [4.69, 9.17) is 9.72 Å². The van der Waals surface area contributed by atoms with Crippen LogP contribution in [0.2, 0.25) is 0 Å². The minimum Gasteiger partial charge on any atom is -0.368 e. The number of nitrogens with one attached hydrogen (secondary N) is 3. The van der Waals surface area contributed by atoms with E-state index < -0.39 is 11.7 Å². The van der Waals surface area contributed by atoms with Crippen molar-refractivity contribution in [2.24, 2.45) is 5.92 Å². The molecule has 0 atom stereocenters. The van der Waals surface area contributed by atoms with Gasteiger partial charge in [-0.15, -0.1) is 0 Å². The first-order valence-corrected chi connectivity index (χ1v) is 26.2. The molecule has 5 fully saturated rings. The Bertz CT molecular complexity index is 2910. The van der Waals surface area contributed by atoms with Crippen LogP contribution in [0.1, 0.15) is 90.0 Å². The second-order valence-corrected chi connectivity index (χ2v) is 21.1. The van der Waals surface area contributed by atoms with Gasteiger partial charge in [0.1, 0.15) is 5.82 Å². The summed E-state index contributed by atoms with van der Waals surface area (Å²) in [6.45, 7) is 12.0. The molecule has 0 radical (unpaired) electrons. The Kier molecular flexibility index (Phi) is 14.8. The van der Waals surface area contributed by atoms with Gasteiger partial charge in [0.05, 0.1) is 46.6 Å². The number of nitrogens with zero attached hydrogens (tertiary/aromatic N) is 7. The second-order valence-electron chi connectivity index (χ2n) is 21.1. The summed E-state index contributed by atoms with van der Waals surface area (Å²) in [6, 6.07) is 21.8. The third-order valence-electron chi connectivity index (χ3n) is 16.0. The smallest absolute Gasteiger partial charge is 0.274 e. The minimum atomic E-state index is -0.609. The van der Waals surface area contributed by atoms with Crippen LogP contribution in [-0.4, -0.2) is 166 Å². The summed E-state index contributed by atoms with van der Waals surface area (Å²) < 4.78 is 21.5. The van der Waals surface area contributed by atoms with Crippen molar-refractivity contribution in [2.45, 2.75) is 76.4 Å². The summed E-state index contributed by atoms with van der Waals surface area (Å²) in [7, 11) is 0. The number of aryl methyl sites for hydroxylation is 1. The lowest BCUT2D eigenvalue weighted by molar-refractivity contribution is -0.134. The van der Waals surface area contributed by atoms with Gasteiger partial charge in [0.2, 0.25) is 11.8 Å². The summed E-state index contributed by atoms with van der Waals surface area (Å²) in [5, 5.41) is 14.4. The van der Waals surface area contributed by atoms with E-state index in [9.17, 15) is 24.0 Å². The van der Waals surface area contributed by atoms with Gasteiger partial charge in [-0.1, -0.05) is 55.5 Å². The molecule has 5 aliphatic rings. The van der Waals surface area contributed by atoms with Gasteiger partial charge in [-0.3, -0.25) is 28.9 Å². The summed E-state index contributed by atoms with van der Waals surface area (Å²) in [6.07, 6.45) is 8.73.